The van der Waals surface area contributed by atoms with Crippen LogP contribution < -0.4 is 14.8 Å². The first-order valence-corrected chi connectivity index (χ1v) is 6.83. The molecule has 1 aromatic rings. The van der Waals surface area contributed by atoms with E-state index in [2.05, 4.69) is 21.2 Å². The molecule has 7 heteroatoms. The van der Waals surface area contributed by atoms with Crippen LogP contribution >= 0.6 is 15.9 Å². The summed E-state index contributed by atoms with van der Waals surface area (Å²) in [6.07, 6.45) is 0. The van der Waals surface area contributed by atoms with Crippen molar-refractivity contribution < 1.29 is 24.8 Å². The predicted molar refractivity (Wildman–Crippen MR) is 78.1 cm³/mol. The number of hydrogen-bond acceptors (Lipinski definition) is 6. The molecule has 6 nitrogen and oxygen atoms in total. The molecule has 4 N–H and O–H groups in total. The van der Waals surface area contributed by atoms with Crippen LogP contribution in [-0.4, -0.2) is 54.9 Å². The summed E-state index contributed by atoms with van der Waals surface area (Å²) in [6.45, 7) is -0.752. The Morgan fingerprint density at radius 1 is 1.10 bits per heavy atom. The Morgan fingerprint density at radius 3 is 2.15 bits per heavy atom. The third-order valence-corrected chi connectivity index (χ3v) is 3.66. The van der Waals surface area contributed by atoms with Crippen LogP contribution in [0, 0.1) is 0 Å². The summed E-state index contributed by atoms with van der Waals surface area (Å²) >= 11 is 3.39. The maximum absolute atomic E-state index is 9.26. The number of methoxy groups -OCH3 is 2. The van der Waals surface area contributed by atoms with Crippen molar-refractivity contribution in [1.82, 2.24) is 5.32 Å². The van der Waals surface area contributed by atoms with Gasteiger partial charge in [0.15, 0.2) is 11.5 Å². The van der Waals surface area contributed by atoms with Gasteiger partial charge in [0.2, 0.25) is 0 Å². The molecular formula is C13H20BrNO5. The monoisotopic (exact) mass is 349 g/mol. The third-order valence-electron chi connectivity index (χ3n) is 3.07. The molecule has 0 unspecified atom stereocenters. The van der Waals surface area contributed by atoms with Crippen LogP contribution in [0.25, 0.3) is 0 Å². The Bertz CT molecular complexity index is 429. The van der Waals surface area contributed by atoms with E-state index in [0.29, 0.717) is 18.0 Å². The van der Waals surface area contributed by atoms with Gasteiger partial charge in [0.25, 0.3) is 0 Å². The van der Waals surface area contributed by atoms with Gasteiger partial charge in [-0.1, -0.05) is 0 Å². The number of aliphatic hydroxyl groups excluding tert-OH is 3. The van der Waals surface area contributed by atoms with Crippen molar-refractivity contribution in [1.29, 1.82) is 0 Å². The number of hydrogen-bond donors (Lipinski definition) is 4. The first-order valence-electron chi connectivity index (χ1n) is 6.03. The Kier molecular flexibility index (Phi) is 6.70. The van der Waals surface area contributed by atoms with Crippen molar-refractivity contribution in [3.8, 4) is 11.5 Å². The van der Waals surface area contributed by atoms with E-state index in [9.17, 15) is 15.3 Å². The first-order chi connectivity index (χ1) is 9.55. The lowest BCUT2D eigenvalue weighted by Crippen LogP contribution is -2.54. The van der Waals surface area contributed by atoms with Crippen LogP contribution in [-0.2, 0) is 6.54 Å². The van der Waals surface area contributed by atoms with Gasteiger partial charge in [-0.15, -0.1) is 0 Å². The van der Waals surface area contributed by atoms with Crippen molar-refractivity contribution in [3.63, 3.8) is 0 Å². The molecule has 0 saturated carbocycles. The Morgan fingerprint density at radius 2 is 1.70 bits per heavy atom. The Labute approximate surface area is 126 Å². The molecule has 114 valence electrons. The normalized spacial score (nSPS) is 11.5. The van der Waals surface area contributed by atoms with Gasteiger partial charge in [-0.3, -0.25) is 0 Å². The molecule has 1 aromatic carbocycles. The zero-order chi connectivity index (χ0) is 15.2. The van der Waals surface area contributed by atoms with Gasteiger partial charge < -0.3 is 30.1 Å². The average Bonchev–Trinajstić information content (AvgIpc) is 2.48. The first kappa shape index (κ1) is 17.2. The van der Waals surface area contributed by atoms with Crippen LogP contribution in [0.1, 0.15) is 5.56 Å². The molecule has 0 heterocycles. The fourth-order valence-corrected chi connectivity index (χ4v) is 2.33. The summed E-state index contributed by atoms with van der Waals surface area (Å²) in [5, 5.41) is 30.7. The molecule has 0 atom stereocenters. The molecule has 0 radical (unpaired) electrons. The van der Waals surface area contributed by atoms with Gasteiger partial charge in [-0.05, 0) is 33.6 Å². The van der Waals surface area contributed by atoms with Crippen LogP contribution in [0.2, 0.25) is 0 Å². The summed E-state index contributed by atoms with van der Waals surface area (Å²) in [5.41, 5.74) is -0.256. The van der Waals surface area contributed by atoms with Crippen molar-refractivity contribution in [2.24, 2.45) is 0 Å². The summed E-state index contributed by atoms with van der Waals surface area (Å²) in [5.74, 6) is 1.16. The topological polar surface area (TPSA) is 91.2 Å². The fourth-order valence-electron chi connectivity index (χ4n) is 1.68. The molecule has 0 aromatic heterocycles. The van der Waals surface area contributed by atoms with Gasteiger partial charge in [0.1, 0.15) is 0 Å². The molecule has 20 heavy (non-hydrogen) atoms. The molecule has 0 amide bonds. The molecule has 0 saturated heterocycles. The molecule has 0 aliphatic rings. The Hall–Kier alpha value is -0.860. The number of halogens is 1. The molecule has 1 rings (SSSR count). The highest BCUT2D eigenvalue weighted by Gasteiger charge is 2.27. The van der Waals surface area contributed by atoms with Crippen molar-refractivity contribution in [2.75, 3.05) is 34.0 Å². The standard InChI is InChI=1S/C13H20BrNO5/c1-19-11-4-9(3-10(14)12(11)20-2)5-15-13(6-16,7-17)8-18/h3-4,15-18H,5-8H2,1-2H3. The highest BCUT2D eigenvalue weighted by Crippen LogP contribution is 2.36. The third kappa shape index (κ3) is 3.83. The van der Waals surface area contributed by atoms with E-state index < -0.39 is 5.54 Å². The summed E-state index contributed by atoms with van der Waals surface area (Å²) in [6, 6.07) is 3.62. The molecule has 0 fully saturated rings. The lowest BCUT2D eigenvalue weighted by Gasteiger charge is -2.29. The zero-order valence-corrected chi connectivity index (χ0v) is 13.1. The van der Waals surface area contributed by atoms with Gasteiger partial charge in [-0.25, -0.2) is 0 Å². The second-order valence-corrected chi connectivity index (χ2v) is 5.28. The number of ether oxygens (including phenoxy) is 2. The fraction of sp³-hybridized carbons (Fsp3) is 0.538. The van der Waals surface area contributed by atoms with Crippen molar-refractivity contribution in [2.45, 2.75) is 12.1 Å². The molecule has 0 aliphatic carbocycles. The van der Waals surface area contributed by atoms with Gasteiger partial charge in [0, 0.05) is 6.54 Å². The van der Waals surface area contributed by atoms with E-state index >= 15 is 0 Å². The van der Waals surface area contributed by atoms with E-state index in [4.69, 9.17) is 9.47 Å². The minimum atomic E-state index is -1.11. The maximum Gasteiger partial charge on any atom is 0.174 e. The largest absolute Gasteiger partial charge is 0.493 e. The van der Waals surface area contributed by atoms with Crippen LogP contribution in [0.3, 0.4) is 0 Å². The lowest BCUT2D eigenvalue weighted by molar-refractivity contribution is 0.0413. The summed E-state index contributed by atoms with van der Waals surface area (Å²) < 4.78 is 11.2. The van der Waals surface area contributed by atoms with Crippen LogP contribution in [0.5, 0.6) is 11.5 Å². The van der Waals surface area contributed by atoms with Gasteiger partial charge in [0.05, 0.1) is 44.1 Å². The molecular weight excluding hydrogens is 330 g/mol. The smallest absolute Gasteiger partial charge is 0.174 e. The maximum atomic E-state index is 9.26. The SMILES string of the molecule is COc1cc(CNC(CO)(CO)CO)cc(Br)c1OC. The molecule has 0 spiro atoms. The summed E-state index contributed by atoms with van der Waals surface area (Å²) in [4.78, 5) is 0. The van der Waals surface area contributed by atoms with E-state index in [1.807, 2.05) is 6.07 Å². The minimum Gasteiger partial charge on any atom is -0.493 e. The van der Waals surface area contributed by atoms with Gasteiger partial charge in [-0.2, -0.15) is 0 Å². The second-order valence-electron chi connectivity index (χ2n) is 4.42. The highest BCUT2D eigenvalue weighted by molar-refractivity contribution is 9.10. The van der Waals surface area contributed by atoms with E-state index in [1.54, 1.807) is 20.3 Å². The summed E-state index contributed by atoms with van der Waals surface area (Å²) in [7, 11) is 3.09. The van der Waals surface area contributed by atoms with Crippen LogP contribution in [0.15, 0.2) is 16.6 Å². The second kappa shape index (κ2) is 7.80. The average molecular weight is 350 g/mol. The van der Waals surface area contributed by atoms with E-state index in [1.165, 1.54) is 0 Å². The van der Waals surface area contributed by atoms with Crippen molar-refractivity contribution >= 4 is 15.9 Å². The quantitative estimate of drug-likeness (QED) is 0.538. The van der Waals surface area contributed by atoms with Crippen molar-refractivity contribution in [3.05, 3.63) is 22.2 Å². The van der Waals surface area contributed by atoms with E-state index in [-0.39, 0.29) is 19.8 Å². The number of benzene rings is 1. The highest BCUT2D eigenvalue weighted by atomic mass is 79.9. The minimum absolute atomic E-state index is 0.348. The van der Waals surface area contributed by atoms with E-state index in [0.717, 1.165) is 10.0 Å². The Balaban J connectivity index is 2.91. The lowest BCUT2D eigenvalue weighted by atomic mass is 10.0. The molecule has 0 bridgehead atoms. The number of nitrogens with one attached hydrogen (secondary N) is 1. The predicted octanol–water partition coefficient (Wildman–Crippen LogP) is 0.272. The van der Waals surface area contributed by atoms with Crippen LogP contribution in [0.4, 0.5) is 0 Å². The van der Waals surface area contributed by atoms with Gasteiger partial charge >= 0.3 is 0 Å². The molecule has 0 aliphatic heterocycles. The number of rotatable bonds is 8. The zero-order valence-electron chi connectivity index (χ0n) is 11.5. The number of aliphatic hydroxyl groups is 3.